The first-order valence-electron chi connectivity index (χ1n) is 7.85. The summed E-state index contributed by atoms with van der Waals surface area (Å²) in [5.74, 6) is -1.02. The van der Waals surface area contributed by atoms with Gasteiger partial charge in [0.2, 0.25) is 11.7 Å². The maximum absolute atomic E-state index is 12.2. The van der Waals surface area contributed by atoms with Gasteiger partial charge in [-0.3, -0.25) is 9.59 Å². The Morgan fingerprint density at radius 3 is 2.62 bits per heavy atom. The van der Waals surface area contributed by atoms with Gasteiger partial charge in [0, 0.05) is 16.5 Å². The number of halogens is 1. The molecule has 2 aromatic rings. The van der Waals surface area contributed by atoms with Gasteiger partial charge in [0.05, 0.1) is 17.0 Å². The van der Waals surface area contributed by atoms with E-state index in [0.29, 0.717) is 11.4 Å². The van der Waals surface area contributed by atoms with Crippen molar-refractivity contribution >= 4 is 40.6 Å². The minimum Gasteiger partial charge on any atom is -0.454 e. The Labute approximate surface area is 160 Å². The molecule has 0 radical (unpaired) electrons. The largest absolute Gasteiger partial charge is 0.454 e. The van der Waals surface area contributed by atoms with Gasteiger partial charge >= 0.3 is 5.97 Å². The molecule has 0 spiro atoms. The van der Waals surface area contributed by atoms with E-state index < -0.39 is 11.4 Å². The minimum absolute atomic E-state index is 0.0660. The first kappa shape index (κ1) is 20.1. The molecule has 138 valence electrons. The van der Waals surface area contributed by atoms with Crippen LogP contribution in [-0.4, -0.2) is 29.3 Å². The molecule has 1 N–H and O–H groups in total. The van der Waals surface area contributed by atoms with E-state index in [-0.39, 0.29) is 29.0 Å². The highest BCUT2D eigenvalue weighted by atomic mass is 35.5. The van der Waals surface area contributed by atoms with Crippen LogP contribution < -0.4 is 5.32 Å². The molecule has 26 heavy (non-hydrogen) atoms. The molecule has 0 saturated carbocycles. The molecule has 6 nitrogen and oxygen atoms in total. The monoisotopic (exact) mass is 394 g/mol. The van der Waals surface area contributed by atoms with E-state index in [1.807, 2.05) is 20.8 Å². The van der Waals surface area contributed by atoms with Crippen molar-refractivity contribution in [2.75, 3.05) is 6.61 Å². The Morgan fingerprint density at radius 2 is 1.96 bits per heavy atom. The number of hydrogen-bond donors (Lipinski definition) is 1. The molecule has 1 amide bonds. The van der Waals surface area contributed by atoms with Gasteiger partial charge in [-0.1, -0.05) is 32.4 Å². The maximum Gasteiger partial charge on any atom is 0.338 e. The molecule has 0 unspecified atom stereocenters. The summed E-state index contributed by atoms with van der Waals surface area (Å²) in [5, 5.41) is 3.00. The van der Waals surface area contributed by atoms with Crippen LogP contribution in [0.5, 0.6) is 0 Å². The van der Waals surface area contributed by atoms with Crippen molar-refractivity contribution in [1.29, 1.82) is 0 Å². The molecule has 0 fully saturated rings. The van der Waals surface area contributed by atoms with Crippen LogP contribution in [0.3, 0.4) is 0 Å². The van der Waals surface area contributed by atoms with Crippen molar-refractivity contribution in [3.63, 3.8) is 0 Å². The van der Waals surface area contributed by atoms with E-state index in [4.69, 9.17) is 16.3 Å². The highest BCUT2D eigenvalue weighted by molar-refractivity contribution is 7.14. The number of hydrogen-bond acceptors (Lipinski definition) is 6. The summed E-state index contributed by atoms with van der Waals surface area (Å²) in [6.45, 7) is 5.47. The lowest BCUT2D eigenvalue weighted by Crippen LogP contribution is -2.34. The Balaban J connectivity index is 1.88. The fourth-order valence-corrected chi connectivity index (χ4v) is 2.92. The van der Waals surface area contributed by atoms with E-state index in [0.717, 1.165) is 4.88 Å². The number of aromatic nitrogens is 1. The molecule has 0 aliphatic carbocycles. The van der Waals surface area contributed by atoms with Crippen LogP contribution in [0, 0.1) is 5.41 Å². The second kappa shape index (κ2) is 8.42. The van der Waals surface area contributed by atoms with Gasteiger partial charge in [0.15, 0.2) is 6.61 Å². The van der Waals surface area contributed by atoms with Crippen LogP contribution in [0.15, 0.2) is 30.5 Å². The van der Waals surface area contributed by atoms with E-state index in [1.165, 1.54) is 29.7 Å². The predicted octanol–water partition coefficient (Wildman–Crippen LogP) is 3.50. The van der Waals surface area contributed by atoms with Gasteiger partial charge in [-0.25, -0.2) is 9.78 Å². The van der Waals surface area contributed by atoms with Crippen molar-refractivity contribution in [3.05, 3.63) is 50.9 Å². The van der Waals surface area contributed by atoms with E-state index in [9.17, 15) is 14.4 Å². The van der Waals surface area contributed by atoms with Gasteiger partial charge in [-0.15, -0.1) is 11.3 Å². The van der Waals surface area contributed by atoms with Crippen molar-refractivity contribution < 1.29 is 19.1 Å². The molecule has 0 aliphatic rings. The van der Waals surface area contributed by atoms with Crippen LogP contribution in [-0.2, 0) is 16.1 Å². The van der Waals surface area contributed by atoms with Crippen LogP contribution in [0.4, 0.5) is 0 Å². The lowest BCUT2D eigenvalue weighted by molar-refractivity contribution is -0.128. The molecule has 2 rings (SSSR count). The molecular formula is C18H19ClN2O4S. The highest BCUT2D eigenvalue weighted by Gasteiger charge is 2.21. The van der Waals surface area contributed by atoms with Crippen LogP contribution >= 0.6 is 22.9 Å². The smallest absolute Gasteiger partial charge is 0.338 e. The number of rotatable bonds is 6. The number of carbonyl (C=O) groups excluding carboxylic acids is 3. The Kier molecular flexibility index (Phi) is 6.50. The van der Waals surface area contributed by atoms with Crippen LogP contribution in [0.25, 0.3) is 0 Å². The third-order valence-corrected chi connectivity index (χ3v) is 4.67. The average molecular weight is 395 g/mol. The van der Waals surface area contributed by atoms with Gasteiger partial charge in [0.25, 0.3) is 0 Å². The third-order valence-electron chi connectivity index (χ3n) is 3.34. The average Bonchev–Trinajstić information content (AvgIpc) is 3.05. The number of esters is 1. The maximum atomic E-state index is 12.2. The quantitative estimate of drug-likeness (QED) is 0.460. The molecule has 0 aromatic carbocycles. The van der Waals surface area contributed by atoms with Gasteiger partial charge in [-0.2, -0.15) is 0 Å². The zero-order valence-corrected chi connectivity index (χ0v) is 16.2. The molecule has 0 saturated heterocycles. The summed E-state index contributed by atoms with van der Waals surface area (Å²) in [4.78, 5) is 41.0. The molecule has 0 atom stereocenters. The normalized spacial score (nSPS) is 11.1. The van der Waals surface area contributed by atoms with Crippen molar-refractivity contribution in [2.45, 2.75) is 27.3 Å². The molecule has 2 aromatic heterocycles. The molecular weight excluding hydrogens is 376 g/mol. The second-order valence-electron chi connectivity index (χ2n) is 6.57. The predicted molar refractivity (Wildman–Crippen MR) is 99.5 cm³/mol. The summed E-state index contributed by atoms with van der Waals surface area (Å²) in [5.41, 5.74) is -0.241. The number of amides is 1. The Bertz CT molecular complexity index is 827. The van der Waals surface area contributed by atoms with E-state index in [2.05, 4.69) is 10.3 Å². The third kappa shape index (κ3) is 5.64. The lowest BCUT2D eigenvalue weighted by atomic mass is 9.96. The van der Waals surface area contributed by atoms with Crippen molar-refractivity contribution in [3.8, 4) is 0 Å². The summed E-state index contributed by atoms with van der Waals surface area (Å²) in [6, 6.07) is 6.25. The first-order chi connectivity index (χ1) is 12.2. The SMILES string of the molecule is CC(C)(C)C(=O)NCc1ccc(C(=O)COC(=O)c2ccnc(Cl)c2)s1. The molecule has 8 heteroatoms. The number of carbonyl (C=O) groups is 3. The highest BCUT2D eigenvalue weighted by Crippen LogP contribution is 2.19. The topological polar surface area (TPSA) is 85.4 Å². The zero-order chi connectivity index (χ0) is 19.3. The summed E-state index contributed by atoms with van der Waals surface area (Å²) >= 11 is 6.97. The summed E-state index contributed by atoms with van der Waals surface area (Å²) in [7, 11) is 0. The zero-order valence-electron chi connectivity index (χ0n) is 14.7. The van der Waals surface area contributed by atoms with E-state index >= 15 is 0 Å². The van der Waals surface area contributed by atoms with Gasteiger partial charge in [-0.05, 0) is 24.3 Å². The van der Waals surface area contributed by atoms with Gasteiger partial charge in [0.1, 0.15) is 5.15 Å². The number of pyridine rings is 1. The lowest BCUT2D eigenvalue weighted by Gasteiger charge is -2.17. The Morgan fingerprint density at radius 1 is 1.23 bits per heavy atom. The van der Waals surface area contributed by atoms with Crippen molar-refractivity contribution in [2.24, 2.45) is 5.41 Å². The first-order valence-corrected chi connectivity index (χ1v) is 9.05. The van der Waals surface area contributed by atoms with Gasteiger partial charge < -0.3 is 10.1 Å². The minimum atomic E-state index is -0.642. The number of ketones is 1. The standard InChI is InChI=1S/C18H19ClN2O4S/c1-18(2,3)17(24)21-9-12-4-5-14(26-12)13(22)10-25-16(23)11-6-7-20-15(19)8-11/h4-8H,9-10H2,1-3H3,(H,21,24). The molecule has 0 bridgehead atoms. The number of thiophene rings is 1. The summed E-state index contributed by atoms with van der Waals surface area (Å²) < 4.78 is 5.01. The fraction of sp³-hybridized carbons (Fsp3) is 0.333. The fourth-order valence-electron chi connectivity index (χ4n) is 1.87. The number of nitrogens with one attached hydrogen (secondary N) is 1. The number of Topliss-reactive ketones (excluding diaryl/α,β-unsaturated/α-hetero) is 1. The second-order valence-corrected chi connectivity index (χ2v) is 8.12. The number of nitrogens with zero attached hydrogens (tertiary/aromatic N) is 1. The Hall–Kier alpha value is -2.25. The van der Waals surface area contributed by atoms with Crippen LogP contribution in [0.1, 0.15) is 45.7 Å². The number of ether oxygens (including phenoxy) is 1. The van der Waals surface area contributed by atoms with E-state index in [1.54, 1.807) is 12.1 Å². The summed E-state index contributed by atoms with van der Waals surface area (Å²) in [6.07, 6.45) is 1.39. The molecule has 2 heterocycles. The van der Waals surface area contributed by atoms with Crippen LogP contribution in [0.2, 0.25) is 5.15 Å². The molecule has 0 aliphatic heterocycles. The van der Waals surface area contributed by atoms with Crippen molar-refractivity contribution in [1.82, 2.24) is 10.3 Å².